The summed E-state index contributed by atoms with van der Waals surface area (Å²) < 4.78 is 3.67. The van der Waals surface area contributed by atoms with Crippen LogP contribution in [0.3, 0.4) is 0 Å². The zero-order valence-electron chi connectivity index (χ0n) is 11.0. The van der Waals surface area contributed by atoms with Crippen LogP contribution in [0.5, 0.6) is 0 Å². The molecule has 0 unspecified atom stereocenters. The zero-order chi connectivity index (χ0) is 14.2. The summed E-state index contributed by atoms with van der Waals surface area (Å²) >= 11 is 2.86. The van der Waals surface area contributed by atoms with E-state index in [0.717, 1.165) is 24.1 Å². The van der Waals surface area contributed by atoms with Crippen molar-refractivity contribution in [1.29, 1.82) is 0 Å². The Hall–Kier alpha value is -1.74. The van der Waals surface area contributed by atoms with Gasteiger partial charge in [-0.1, -0.05) is 12.8 Å². The lowest BCUT2D eigenvalue weighted by molar-refractivity contribution is 0.111. The Labute approximate surface area is 128 Å². The molecule has 7 nitrogen and oxygen atoms in total. The summed E-state index contributed by atoms with van der Waals surface area (Å²) in [4.78, 5) is 16.6. The van der Waals surface area contributed by atoms with Crippen LogP contribution in [-0.4, -0.2) is 35.9 Å². The first-order valence-electron chi connectivity index (χ1n) is 6.73. The van der Waals surface area contributed by atoms with Crippen LogP contribution < -0.4 is 0 Å². The van der Waals surface area contributed by atoms with Gasteiger partial charge in [0.2, 0.25) is 5.16 Å². The monoisotopic (exact) mass is 320 g/mol. The van der Waals surface area contributed by atoms with Crippen LogP contribution in [0.1, 0.15) is 42.2 Å². The second-order valence-corrected chi connectivity index (χ2v) is 6.75. The van der Waals surface area contributed by atoms with Crippen LogP contribution in [0, 0.1) is 0 Å². The van der Waals surface area contributed by atoms with Crippen molar-refractivity contribution in [3.05, 3.63) is 17.3 Å². The van der Waals surface area contributed by atoms with E-state index in [4.69, 9.17) is 0 Å². The molecule has 0 saturated heterocycles. The Kier molecular flexibility index (Phi) is 3.23. The molecule has 1 fully saturated rings. The number of imidazole rings is 1. The third-order valence-corrected chi connectivity index (χ3v) is 5.40. The zero-order valence-corrected chi connectivity index (χ0v) is 12.7. The molecule has 0 aromatic carbocycles. The standard InChI is InChI=1S/C12H12N6OS2/c19-7-9-10(13-11-17(9)5-6-20-11)21-12-14-15-16-18(12)8-3-1-2-4-8/h5-8H,1-4H2. The van der Waals surface area contributed by atoms with Crippen LogP contribution in [0.4, 0.5) is 0 Å². The van der Waals surface area contributed by atoms with Crippen molar-refractivity contribution in [3.63, 3.8) is 0 Å². The highest BCUT2D eigenvalue weighted by molar-refractivity contribution is 7.99. The highest BCUT2D eigenvalue weighted by Gasteiger charge is 2.23. The molecule has 3 aromatic heterocycles. The van der Waals surface area contributed by atoms with Crippen molar-refractivity contribution in [3.8, 4) is 0 Å². The molecule has 0 aliphatic heterocycles. The molecule has 21 heavy (non-hydrogen) atoms. The molecule has 1 aliphatic rings. The SMILES string of the molecule is O=Cc1c(Sc2nnnn2C2CCCC2)nc2sccn12. The maximum atomic E-state index is 11.3. The van der Waals surface area contributed by atoms with Gasteiger partial charge in [0.05, 0.1) is 6.04 Å². The fourth-order valence-electron chi connectivity index (χ4n) is 2.68. The number of hydrogen-bond donors (Lipinski definition) is 0. The predicted octanol–water partition coefficient (Wildman–Crippen LogP) is 2.46. The van der Waals surface area contributed by atoms with E-state index in [0.29, 0.717) is 21.9 Å². The highest BCUT2D eigenvalue weighted by Crippen LogP contribution is 2.34. The summed E-state index contributed by atoms with van der Waals surface area (Å²) in [6.07, 6.45) is 7.33. The van der Waals surface area contributed by atoms with Gasteiger partial charge in [-0.25, -0.2) is 9.67 Å². The summed E-state index contributed by atoms with van der Waals surface area (Å²) in [6, 6.07) is 0.367. The summed E-state index contributed by atoms with van der Waals surface area (Å²) in [5, 5.41) is 15.2. The van der Waals surface area contributed by atoms with Gasteiger partial charge >= 0.3 is 0 Å². The van der Waals surface area contributed by atoms with Crippen LogP contribution in [0.2, 0.25) is 0 Å². The lowest BCUT2D eigenvalue weighted by Crippen LogP contribution is -2.08. The van der Waals surface area contributed by atoms with Gasteiger partial charge in [-0.2, -0.15) is 0 Å². The van der Waals surface area contributed by atoms with Gasteiger partial charge in [0.1, 0.15) is 10.7 Å². The minimum Gasteiger partial charge on any atom is -0.296 e. The van der Waals surface area contributed by atoms with Gasteiger partial charge in [0.25, 0.3) is 0 Å². The summed E-state index contributed by atoms with van der Waals surface area (Å²) in [5.74, 6) is 0. The minimum absolute atomic E-state index is 0.367. The molecule has 0 amide bonds. The van der Waals surface area contributed by atoms with Crippen molar-refractivity contribution >= 4 is 34.3 Å². The number of thiazole rings is 1. The van der Waals surface area contributed by atoms with Crippen molar-refractivity contribution in [2.45, 2.75) is 41.9 Å². The lowest BCUT2D eigenvalue weighted by atomic mass is 10.3. The van der Waals surface area contributed by atoms with Gasteiger partial charge in [-0.05, 0) is 35.0 Å². The van der Waals surface area contributed by atoms with Gasteiger partial charge < -0.3 is 0 Å². The molecule has 0 N–H and O–H groups in total. The number of aromatic nitrogens is 6. The largest absolute Gasteiger partial charge is 0.296 e. The van der Waals surface area contributed by atoms with Crippen LogP contribution in [0.15, 0.2) is 21.8 Å². The molecular formula is C12H12N6OS2. The van der Waals surface area contributed by atoms with Crippen LogP contribution in [0.25, 0.3) is 4.96 Å². The maximum Gasteiger partial charge on any atom is 0.215 e. The number of nitrogens with zero attached hydrogens (tertiary/aromatic N) is 6. The van der Waals surface area contributed by atoms with Crippen molar-refractivity contribution < 1.29 is 4.79 Å². The molecule has 1 saturated carbocycles. The van der Waals surface area contributed by atoms with Crippen molar-refractivity contribution in [2.75, 3.05) is 0 Å². The molecule has 108 valence electrons. The Morgan fingerprint density at radius 1 is 1.38 bits per heavy atom. The van der Waals surface area contributed by atoms with Gasteiger partial charge in [-0.15, -0.1) is 16.4 Å². The Morgan fingerprint density at radius 2 is 2.24 bits per heavy atom. The number of carbonyl (C=O) groups is 1. The predicted molar refractivity (Wildman–Crippen MR) is 77.9 cm³/mol. The minimum atomic E-state index is 0.367. The number of carbonyl (C=O) groups excluding carboxylic acids is 1. The third kappa shape index (κ3) is 2.16. The van der Waals surface area contributed by atoms with E-state index in [1.54, 1.807) is 4.40 Å². The first-order chi connectivity index (χ1) is 10.4. The number of tetrazole rings is 1. The lowest BCUT2D eigenvalue weighted by Gasteiger charge is -2.09. The smallest absolute Gasteiger partial charge is 0.215 e. The first-order valence-corrected chi connectivity index (χ1v) is 8.43. The van der Waals surface area contributed by atoms with E-state index < -0.39 is 0 Å². The normalized spacial score (nSPS) is 16.0. The number of aldehydes is 1. The highest BCUT2D eigenvalue weighted by atomic mass is 32.2. The second kappa shape index (κ2) is 5.23. The molecular weight excluding hydrogens is 308 g/mol. The Bertz CT molecular complexity index is 785. The average molecular weight is 320 g/mol. The summed E-state index contributed by atoms with van der Waals surface area (Å²) in [5.41, 5.74) is 0.553. The third-order valence-electron chi connectivity index (χ3n) is 3.70. The van der Waals surface area contributed by atoms with Gasteiger partial charge in [0.15, 0.2) is 11.2 Å². The van der Waals surface area contributed by atoms with Crippen molar-refractivity contribution in [1.82, 2.24) is 29.6 Å². The quantitative estimate of drug-likeness (QED) is 0.687. The molecule has 0 atom stereocenters. The molecule has 0 spiro atoms. The second-order valence-electron chi connectivity index (χ2n) is 4.92. The van der Waals surface area contributed by atoms with Gasteiger partial charge in [-0.3, -0.25) is 9.20 Å². The number of hydrogen-bond acceptors (Lipinski definition) is 7. The summed E-state index contributed by atoms with van der Waals surface area (Å²) in [7, 11) is 0. The van der Waals surface area contributed by atoms with E-state index >= 15 is 0 Å². The Morgan fingerprint density at radius 3 is 3.05 bits per heavy atom. The molecule has 9 heteroatoms. The molecule has 3 aromatic rings. The van der Waals surface area contributed by atoms with Crippen molar-refractivity contribution in [2.24, 2.45) is 0 Å². The fourth-order valence-corrected chi connectivity index (χ4v) is 4.37. The van der Waals surface area contributed by atoms with E-state index in [1.807, 2.05) is 16.3 Å². The maximum absolute atomic E-state index is 11.3. The van der Waals surface area contributed by atoms with Crippen LogP contribution >= 0.6 is 23.1 Å². The average Bonchev–Trinajstić information content (AvgIpc) is 3.23. The number of fused-ring (bicyclic) bond motifs is 1. The molecule has 0 bridgehead atoms. The van der Waals surface area contributed by atoms with E-state index in [-0.39, 0.29) is 0 Å². The first kappa shape index (κ1) is 13.0. The Balaban J connectivity index is 1.70. The molecule has 0 radical (unpaired) electrons. The number of rotatable bonds is 4. The summed E-state index contributed by atoms with van der Waals surface area (Å²) in [6.45, 7) is 0. The molecule has 3 heterocycles. The van der Waals surface area contributed by atoms with E-state index in [2.05, 4.69) is 20.5 Å². The van der Waals surface area contributed by atoms with E-state index in [9.17, 15) is 4.79 Å². The van der Waals surface area contributed by atoms with Crippen LogP contribution in [-0.2, 0) is 0 Å². The molecule has 1 aliphatic carbocycles. The topological polar surface area (TPSA) is 78.0 Å². The fraction of sp³-hybridized carbons (Fsp3) is 0.417. The van der Waals surface area contributed by atoms with Gasteiger partial charge in [0, 0.05) is 11.6 Å². The van der Waals surface area contributed by atoms with E-state index in [1.165, 1.54) is 35.9 Å². The molecule has 4 rings (SSSR count).